The van der Waals surface area contributed by atoms with Gasteiger partial charge in [0.25, 0.3) is 0 Å². The molecule has 0 saturated heterocycles. The van der Waals surface area contributed by atoms with Crippen LogP contribution in [0.3, 0.4) is 0 Å². The Morgan fingerprint density at radius 2 is 1.75 bits per heavy atom. The molecule has 20 heavy (non-hydrogen) atoms. The maximum Gasteiger partial charge on any atom is 0.330 e. The number of aliphatic carboxylic acids is 1. The molecule has 0 spiro atoms. The van der Waals surface area contributed by atoms with Gasteiger partial charge in [-0.2, -0.15) is 0 Å². The van der Waals surface area contributed by atoms with Crippen LogP contribution >= 0.6 is 0 Å². The lowest BCUT2D eigenvalue weighted by Crippen LogP contribution is -2.46. The molecule has 5 nitrogen and oxygen atoms in total. The number of carbonyl (C=O) groups excluding carboxylic acids is 1. The quantitative estimate of drug-likeness (QED) is 0.748. The van der Waals surface area contributed by atoms with Gasteiger partial charge in [0.2, 0.25) is 0 Å². The minimum Gasteiger partial charge on any atom is -0.479 e. The molecule has 1 aromatic carbocycles. The van der Waals surface area contributed by atoms with Crippen molar-refractivity contribution >= 4 is 12.0 Å². The van der Waals surface area contributed by atoms with Crippen molar-refractivity contribution in [3.63, 3.8) is 0 Å². The number of nitrogens with one attached hydrogen (secondary N) is 2. The molecular weight excluding hydrogens is 256 g/mol. The Balaban J connectivity index is 2.72. The first-order valence-electron chi connectivity index (χ1n) is 6.80. The SMILES string of the molecule is CCC(NC(=O)N[C@H](C(=O)O)c1ccccc1)C(C)C. The zero-order valence-electron chi connectivity index (χ0n) is 12.1. The third-order valence-electron chi connectivity index (χ3n) is 3.22. The Bertz CT molecular complexity index is 446. The number of carboxylic acids is 1. The van der Waals surface area contributed by atoms with Crippen molar-refractivity contribution < 1.29 is 14.7 Å². The van der Waals surface area contributed by atoms with Crippen LogP contribution in [0.1, 0.15) is 38.8 Å². The maximum atomic E-state index is 11.9. The highest BCUT2D eigenvalue weighted by Crippen LogP contribution is 2.13. The lowest BCUT2D eigenvalue weighted by atomic mass is 10.0. The second-order valence-corrected chi connectivity index (χ2v) is 5.06. The zero-order valence-corrected chi connectivity index (χ0v) is 12.1. The van der Waals surface area contributed by atoms with Gasteiger partial charge in [0.1, 0.15) is 0 Å². The van der Waals surface area contributed by atoms with Crippen LogP contribution in [0.15, 0.2) is 30.3 Å². The van der Waals surface area contributed by atoms with Crippen LogP contribution in [-0.4, -0.2) is 23.1 Å². The summed E-state index contributed by atoms with van der Waals surface area (Å²) in [5, 5.41) is 14.5. The molecule has 3 N–H and O–H groups in total. The van der Waals surface area contributed by atoms with Crippen molar-refractivity contribution in [3.8, 4) is 0 Å². The van der Waals surface area contributed by atoms with Gasteiger partial charge in [0.15, 0.2) is 6.04 Å². The first kappa shape index (κ1) is 16.0. The van der Waals surface area contributed by atoms with E-state index < -0.39 is 18.0 Å². The van der Waals surface area contributed by atoms with Gasteiger partial charge in [0, 0.05) is 6.04 Å². The van der Waals surface area contributed by atoms with E-state index in [0.717, 1.165) is 6.42 Å². The van der Waals surface area contributed by atoms with Gasteiger partial charge in [-0.1, -0.05) is 51.1 Å². The van der Waals surface area contributed by atoms with Gasteiger partial charge < -0.3 is 15.7 Å². The van der Waals surface area contributed by atoms with Gasteiger partial charge >= 0.3 is 12.0 Å². The summed E-state index contributed by atoms with van der Waals surface area (Å²) < 4.78 is 0. The minimum absolute atomic E-state index is 0.0280. The lowest BCUT2D eigenvalue weighted by molar-refractivity contribution is -0.139. The molecule has 0 aromatic heterocycles. The van der Waals surface area contributed by atoms with Crippen LogP contribution in [0.25, 0.3) is 0 Å². The van der Waals surface area contributed by atoms with Crippen molar-refractivity contribution in [1.82, 2.24) is 10.6 Å². The predicted molar refractivity (Wildman–Crippen MR) is 77.4 cm³/mol. The fraction of sp³-hybridized carbons (Fsp3) is 0.467. The van der Waals surface area contributed by atoms with E-state index in [2.05, 4.69) is 10.6 Å². The molecule has 0 aliphatic heterocycles. The first-order valence-corrected chi connectivity index (χ1v) is 6.80. The van der Waals surface area contributed by atoms with E-state index >= 15 is 0 Å². The topological polar surface area (TPSA) is 78.4 Å². The molecule has 2 amide bonds. The molecule has 1 unspecified atom stereocenters. The van der Waals surface area contributed by atoms with Crippen molar-refractivity contribution in [2.45, 2.75) is 39.3 Å². The van der Waals surface area contributed by atoms with Crippen molar-refractivity contribution in [2.75, 3.05) is 0 Å². The highest BCUT2D eigenvalue weighted by Gasteiger charge is 2.23. The second-order valence-electron chi connectivity index (χ2n) is 5.06. The summed E-state index contributed by atoms with van der Waals surface area (Å²) in [4.78, 5) is 23.2. The van der Waals surface area contributed by atoms with Crippen LogP contribution < -0.4 is 10.6 Å². The Morgan fingerprint density at radius 3 is 2.20 bits per heavy atom. The molecular formula is C15H22N2O3. The maximum absolute atomic E-state index is 11.9. The fourth-order valence-corrected chi connectivity index (χ4v) is 2.01. The predicted octanol–water partition coefficient (Wildman–Crippen LogP) is 2.55. The van der Waals surface area contributed by atoms with E-state index in [1.54, 1.807) is 30.3 Å². The van der Waals surface area contributed by atoms with Crippen molar-refractivity contribution in [3.05, 3.63) is 35.9 Å². The van der Waals surface area contributed by atoms with E-state index in [-0.39, 0.29) is 6.04 Å². The third kappa shape index (κ3) is 4.57. The summed E-state index contributed by atoms with van der Waals surface area (Å²) in [7, 11) is 0. The molecule has 0 aliphatic carbocycles. The van der Waals surface area contributed by atoms with E-state index in [1.807, 2.05) is 20.8 Å². The van der Waals surface area contributed by atoms with E-state index in [0.29, 0.717) is 11.5 Å². The zero-order chi connectivity index (χ0) is 15.1. The van der Waals surface area contributed by atoms with E-state index in [4.69, 9.17) is 0 Å². The minimum atomic E-state index is -1.08. The van der Waals surface area contributed by atoms with Gasteiger partial charge in [-0.15, -0.1) is 0 Å². The third-order valence-corrected chi connectivity index (χ3v) is 3.22. The Morgan fingerprint density at radius 1 is 1.15 bits per heavy atom. The highest BCUT2D eigenvalue weighted by molar-refractivity contribution is 5.83. The Labute approximate surface area is 119 Å². The fourth-order valence-electron chi connectivity index (χ4n) is 2.01. The number of hydrogen-bond acceptors (Lipinski definition) is 2. The second kappa shape index (κ2) is 7.53. The van der Waals surface area contributed by atoms with Gasteiger partial charge in [-0.05, 0) is 17.9 Å². The summed E-state index contributed by atoms with van der Waals surface area (Å²) in [6, 6.07) is 7.18. The largest absolute Gasteiger partial charge is 0.479 e. The summed E-state index contributed by atoms with van der Waals surface area (Å²) >= 11 is 0. The standard InChI is InChI=1S/C15H22N2O3/c1-4-12(10(2)3)16-15(20)17-13(14(18)19)11-8-6-5-7-9-11/h5-10,12-13H,4H2,1-3H3,(H,18,19)(H2,16,17,20)/t12?,13-/m0/s1. The summed E-state index contributed by atoms with van der Waals surface area (Å²) in [5.74, 6) is -0.783. The molecule has 5 heteroatoms. The molecule has 0 radical (unpaired) electrons. The number of hydrogen-bond donors (Lipinski definition) is 3. The Hall–Kier alpha value is -2.04. The first-order chi connectivity index (χ1) is 9.45. The van der Waals surface area contributed by atoms with Crippen LogP contribution in [-0.2, 0) is 4.79 Å². The molecule has 0 heterocycles. The normalized spacial score (nSPS) is 13.6. The van der Waals surface area contributed by atoms with Gasteiger partial charge in [-0.3, -0.25) is 0 Å². The smallest absolute Gasteiger partial charge is 0.330 e. The van der Waals surface area contributed by atoms with Crippen LogP contribution in [0.5, 0.6) is 0 Å². The summed E-state index contributed by atoms with van der Waals surface area (Å²) in [6.07, 6.45) is 0.800. The molecule has 0 aliphatic rings. The van der Waals surface area contributed by atoms with Crippen molar-refractivity contribution in [2.24, 2.45) is 5.92 Å². The van der Waals surface area contributed by atoms with Gasteiger partial charge in [0.05, 0.1) is 0 Å². The molecule has 0 saturated carbocycles. The number of rotatable bonds is 6. The molecule has 1 aromatic rings. The molecule has 2 atom stereocenters. The van der Waals surface area contributed by atoms with Crippen LogP contribution in [0.2, 0.25) is 0 Å². The number of carbonyl (C=O) groups is 2. The highest BCUT2D eigenvalue weighted by atomic mass is 16.4. The molecule has 0 bridgehead atoms. The lowest BCUT2D eigenvalue weighted by Gasteiger charge is -2.22. The molecule has 110 valence electrons. The average Bonchev–Trinajstić information content (AvgIpc) is 2.42. The summed E-state index contributed by atoms with van der Waals surface area (Å²) in [6.45, 7) is 6.01. The number of amides is 2. The van der Waals surface area contributed by atoms with E-state index in [9.17, 15) is 14.7 Å². The van der Waals surface area contributed by atoms with Crippen molar-refractivity contribution in [1.29, 1.82) is 0 Å². The van der Waals surface area contributed by atoms with Crippen LogP contribution in [0, 0.1) is 5.92 Å². The Kier molecular flexibility index (Phi) is 6.03. The van der Waals surface area contributed by atoms with E-state index in [1.165, 1.54) is 0 Å². The van der Waals surface area contributed by atoms with Crippen LogP contribution in [0.4, 0.5) is 4.79 Å². The number of benzene rings is 1. The molecule has 1 rings (SSSR count). The van der Waals surface area contributed by atoms with Gasteiger partial charge in [-0.25, -0.2) is 9.59 Å². The number of urea groups is 1. The average molecular weight is 278 g/mol. The summed E-state index contributed by atoms with van der Waals surface area (Å²) in [5.41, 5.74) is 0.549. The molecule has 0 fully saturated rings. The number of carboxylic acid groups (broad SMARTS) is 1. The monoisotopic (exact) mass is 278 g/mol.